The number of nitrogens with one attached hydrogen (secondary N) is 1. The molecule has 7 heteroatoms. The summed E-state index contributed by atoms with van der Waals surface area (Å²) in [6.07, 6.45) is 3.15. The molecule has 30 heavy (non-hydrogen) atoms. The summed E-state index contributed by atoms with van der Waals surface area (Å²) in [5.41, 5.74) is 3.20. The molecule has 4 aromatic rings. The van der Waals surface area contributed by atoms with Crippen LogP contribution in [0.25, 0.3) is 10.9 Å². The third-order valence-electron chi connectivity index (χ3n) is 5.59. The molecule has 0 radical (unpaired) electrons. The monoisotopic (exact) mass is 421 g/mol. The van der Waals surface area contributed by atoms with Crippen molar-refractivity contribution in [3.63, 3.8) is 0 Å². The van der Waals surface area contributed by atoms with Crippen LogP contribution in [0.3, 0.4) is 0 Å². The minimum absolute atomic E-state index is 0.240. The predicted octanol–water partition coefficient (Wildman–Crippen LogP) is 4.38. The number of fused-ring (bicyclic) bond motifs is 3. The van der Waals surface area contributed by atoms with Crippen molar-refractivity contribution in [1.82, 2.24) is 9.88 Å². The number of aromatic nitrogens is 2. The van der Waals surface area contributed by atoms with Gasteiger partial charge < -0.3 is 15.1 Å². The number of nitrogens with zero attached hydrogens (tertiary/aromatic N) is 2. The van der Waals surface area contributed by atoms with Crippen molar-refractivity contribution in [1.29, 1.82) is 0 Å². The Morgan fingerprint density at radius 1 is 1.17 bits per heavy atom. The van der Waals surface area contributed by atoms with Gasteiger partial charge in [0.1, 0.15) is 17.4 Å². The number of amides is 1. The number of halogens is 2. The molecule has 5 rings (SSSR count). The average molecular weight is 422 g/mol. The molecule has 5 nitrogen and oxygen atoms in total. The van der Waals surface area contributed by atoms with Gasteiger partial charge in [-0.05, 0) is 36.2 Å². The van der Waals surface area contributed by atoms with Gasteiger partial charge in [-0.1, -0.05) is 35.9 Å². The zero-order chi connectivity index (χ0) is 20.8. The van der Waals surface area contributed by atoms with Crippen LogP contribution in [0.5, 0.6) is 0 Å². The Morgan fingerprint density at radius 2 is 2.00 bits per heavy atom. The summed E-state index contributed by atoms with van der Waals surface area (Å²) in [6, 6.07) is 14.7. The summed E-state index contributed by atoms with van der Waals surface area (Å²) < 4.78 is 15.6. The van der Waals surface area contributed by atoms with E-state index in [2.05, 4.69) is 4.98 Å². The van der Waals surface area contributed by atoms with Crippen LogP contribution in [-0.4, -0.2) is 22.3 Å². The molecular formula is C23H17ClFN3O2. The second kappa shape index (κ2) is 7.15. The lowest BCUT2D eigenvalue weighted by atomic mass is 9.91. The number of para-hydroxylation sites is 1. The van der Waals surface area contributed by atoms with Crippen molar-refractivity contribution >= 4 is 28.4 Å². The summed E-state index contributed by atoms with van der Waals surface area (Å²) in [5.74, 6) is -0.836. The number of rotatable bonds is 2. The van der Waals surface area contributed by atoms with E-state index < -0.39 is 11.9 Å². The van der Waals surface area contributed by atoms with Gasteiger partial charge in [0.2, 0.25) is 0 Å². The molecule has 2 aromatic heterocycles. The summed E-state index contributed by atoms with van der Waals surface area (Å²) in [5, 5.41) is 13.0. The topological polar surface area (TPSA) is 63.0 Å². The van der Waals surface area contributed by atoms with Crippen molar-refractivity contribution in [3.05, 3.63) is 105 Å². The quantitative estimate of drug-likeness (QED) is 0.385. The van der Waals surface area contributed by atoms with Crippen LogP contribution < -0.4 is 4.73 Å². The van der Waals surface area contributed by atoms with Crippen LogP contribution >= 0.6 is 11.6 Å². The van der Waals surface area contributed by atoms with Crippen LogP contribution in [0.2, 0.25) is 5.02 Å². The van der Waals surface area contributed by atoms with E-state index in [-0.39, 0.29) is 22.1 Å². The van der Waals surface area contributed by atoms with Crippen LogP contribution in [0.1, 0.15) is 33.2 Å². The van der Waals surface area contributed by atoms with E-state index in [1.807, 2.05) is 24.3 Å². The first kappa shape index (κ1) is 18.6. The lowest BCUT2D eigenvalue weighted by Crippen LogP contribution is -2.42. The number of H-pyrrole nitrogens is 1. The molecule has 0 bridgehead atoms. The molecule has 3 heterocycles. The fraction of sp³-hybridized carbons (Fsp3) is 0.130. The highest BCUT2D eigenvalue weighted by Crippen LogP contribution is 2.42. The predicted molar refractivity (Wildman–Crippen MR) is 112 cm³/mol. The Kier molecular flexibility index (Phi) is 4.44. The van der Waals surface area contributed by atoms with Crippen LogP contribution in [0.15, 0.2) is 67.0 Å². The molecule has 0 fully saturated rings. The molecule has 1 aliphatic heterocycles. The Morgan fingerprint density at radius 3 is 2.80 bits per heavy atom. The van der Waals surface area contributed by atoms with Gasteiger partial charge in [0.15, 0.2) is 12.4 Å². The first-order chi connectivity index (χ1) is 14.5. The van der Waals surface area contributed by atoms with Crippen LogP contribution in [0, 0.1) is 11.0 Å². The number of pyridine rings is 1. The fourth-order valence-electron chi connectivity index (χ4n) is 4.28. The SMILES string of the molecule is O=C(c1ccc[n+]([O-])c1)N1CCc2c([nH]c3ccccc23)C1c1c(F)cccc1Cl. The second-order valence-electron chi connectivity index (χ2n) is 7.30. The highest BCUT2D eigenvalue weighted by atomic mass is 35.5. The second-order valence-corrected chi connectivity index (χ2v) is 7.71. The summed E-state index contributed by atoms with van der Waals surface area (Å²) >= 11 is 6.42. The van der Waals surface area contributed by atoms with Crippen molar-refractivity contribution in [2.75, 3.05) is 6.54 Å². The summed E-state index contributed by atoms with van der Waals surface area (Å²) in [6.45, 7) is 0.372. The number of hydrogen-bond acceptors (Lipinski definition) is 2. The molecule has 1 N–H and O–H groups in total. The number of carbonyl (C=O) groups excluding carboxylic acids is 1. The van der Waals surface area contributed by atoms with Gasteiger partial charge in [-0.2, -0.15) is 4.73 Å². The highest BCUT2D eigenvalue weighted by Gasteiger charge is 2.37. The molecule has 0 saturated heterocycles. The van der Waals surface area contributed by atoms with Crippen LogP contribution in [0.4, 0.5) is 4.39 Å². The molecule has 0 spiro atoms. The smallest absolute Gasteiger partial charge is 0.260 e. The summed E-state index contributed by atoms with van der Waals surface area (Å²) in [4.78, 5) is 18.3. The molecular weight excluding hydrogens is 405 g/mol. The van der Waals surface area contributed by atoms with E-state index >= 15 is 0 Å². The average Bonchev–Trinajstić information content (AvgIpc) is 3.12. The van der Waals surface area contributed by atoms with Crippen molar-refractivity contribution in [2.45, 2.75) is 12.5 Å². The molecule has 0 aliphatic carbocycles. The van der Waals surface area contributed by atoms with Crippen molar-refractivity contribution < 1.29 is 13.9 Å². The first-order valence-corrected chi connectivity index (χ1v) is 9.95. The molecule has 0 saturated carbocycles. The Bertz CT molecular complexity index is 1270. The van der Waals surface area contributed by atoms with E-state index in [9.17, 15) is 14.4 Å². The fourth-order valence-corrected chi connectivity index (χ4v) is 4.55. The Balaban J connectivity index is 1.72. The molecule has 1 atom stereocenters. The number of benzene rings is 2. The largest absolute Gasteiger partial charge is 0.619 e. The van der Waals surface area contributed by atoms with E-state index in [4.69, 9.17) is 11.6 Å². The zero-order valence-corrected chi connectivity index (χ0v) is 16.6. The molecule has 150 valence electrons. The number of aromatic amines is 1. The molecule has 1 unspecified atom stereocenters. The van der Waals surface area contributed by atoms with Gasteiger partial charge >= 0.3 is 0 Å². The maximum absolute atomic E-state index is 15.0. The van der Waals surface area contributed by atoms with Gasteiger partial charge in [-0.3, -0.25) is 4.79 Å². The first-order valence-electron chi connectivity index (χ1n) is 9.58. The lowest BCUT2D eigenvalue weighted by molar-refractivity contribution is -0.605. The molecule has 1 amide bonds. The van der Waals surface area contributed by atoms with Gasteiger partial charge in [-0.25, -0.2) is 4.39 Å². The van der Waals surface area contributed by atoms with E-state index in [1.165, 1.54) is 24.5 Å². The van der Waals surface area contributed by atoms with E-state index in [0.717, 1.165) is 22.2 Å². The van der Waals surface area contributed by atoms with Gasteiger partial charge in [0, 0.05) is 39.8 Å². The van der Waals surface area contributed by atoms with E-state index in [0.29, 0.717) is 17.7 Å². The number of carbonyl (C=O) groups is 1. The maximum Gasteiger partial charge on any atom is 0.260 e. The maximum atomic E-state index is 15.0. The van der Waals surface area contributed by atoms with E-state index in [1.54, 1.807) is 23.1 Å². The van der Waals surface area contributed by atoms with Crippen LogP contribution in [-0.2, 0) is 6.42 Å². The number of hydrogen-bond donors (Lipinski definition) is 1. The van der Waals surface area contributed by atoms with Gasteiger partial charge in [0.05, 0.1) is 0 Å². The standard InChI is InChI=1S/C23H17ClFN3O2/c24-17-7-3-8-18(25)20(17)22-21-16(15-6-1-2-9-19(15)26-21)10-12-28(22)23(29)14-5-4-11-27(30)13-14/h1-9,11,13,22,26H,10,12H2. The van der Waals surface area contributed by atoms with Crippen molar-refractivity contribution in [3.8, 4) is 0 Å². The molecule has 2 aromatic carbocycles. The van der Waals surface area contributed by atoms with Crippen molar-refractivity contribution in [2.24, 2.45) is 0 Å². The zero-order valence-electron chi connectivity index (χ0n) is 15.8. The molecule has 1 aliphatic rings. The Labute approximate surface area is 176 Å². The third kappa shape index (κ3) is 2.92. The highest BCUT2D eigenvalue weighted by molar-refractivity contribution is 6.31. The summed E-state index contributed by atoms with van der Waals surface area (Å²) in [7, 11) is 0. The Hall–Kier alpha value is -3.38. The van der Waals surface area contributed by atoms with Gasteiger partial charge in [-0.15, -0.1) is 0 Å². The van der Waals surface area contributed by atoms with Gasteiger partial charge in [0.25, 0.3) is 5.91 Å². The minimum atomic E-state index is -0.734. The minimum Gasteiger partial charge on any atom is -0.619 e. The lowest BCUT2D eigenvalue weighted by Gasteiger charge is -2.36. The normalized spacial score (nSPS) is 15.9. The third-order valence-corrected chi connectivity index (χ3v) is 5.92.